The molecule has 0 unspecified atom stereocenters. The first kappa shape index (κ1) is 14.5. The van der Waals surface area contributed by atoms with Gasteiger partial charge >= 0.3 is 5.76 Å². The number of carbonyl (C=O) groups is 1. The zero-order valence-corrected chi connectivity index (χ0v) is 12.9. The summed E-state index contributed by atoms with van der Waals surface area (Å²) in [6, 6.07) is 6.95. The number of fused-ring (bicyclic) bond motifs is 1. The first-order valence-electron chi connectivity index (χ1n) is 6.74. The molecule has 3 rings (SSSR count). The monoisotopic (exact) mass is 318 g/mol. The first-order valence-corrected chi connectivity index (χ1v) is 7.52. The molecule has 1 amide bonds. The van der Waals surface area contributed by atoms with Crippen LogP contribution in [0.25, 0.3) is 11.1 Å². The summed E-state index contributed by atoms with van der Waals surface area (Å²) in [5, 5.41) is 6.66. The van der Waals surface area contributed by atoms with Crippen LogP contribution in [0.1, 0.15) is 22.3 Å². The Balaban J connectivity index is 1.78. The summed E-state index contributed by atoms with van der Waals surface area (Å²) in [4.78, 5) is 24.5. The number of benzene rings is 1. The Morgan fingerprint density at radius 1 is 1.45 bits per heavy atom. The molecule has 0 bridgehead atoms. The topological polar surface area (TPSA) is 90.0 Å². The molecule has 1 atom stereocenters. The predicted octanol–water partition coefficient (Wildman–Crippen LogP) is 1.57. The van der Waals surface area contributed by atoms with Crippen molar-refractivity contribution in [2.24, 2.45) is 0 Å². The predicted molar refractivity (Wildman–Crippen MR) is 82.0 cm³/mol. The SMILES string of the molecule is Cc1nnsc1C(=O)N[C@@H](C)Cn1c(=O)oc2ccccc21. The number of nitrogens with one attached hydrogen (secondary N) is 1. The average Bonchev–Trinajstić information content (AvgIpc) is 3.03. The summed E-state index contributed by atoms with van der Waals surface area (Å²) < 4.78 is 10.4. The van der Waals surface area contributed by atoms with Crippen LogP contribution in [0.15, 0.2) is 33.5 Å². The minimum atomic E-state index is -0.432. The lowest BCUT2D eigenvalue weighted by atomic mass is 10.3. The summed E-state index contributed by atoms with van der Waals surface area (Å²) in [5.74, 6) is -0.668. The van der Waals surface area contributed by atoms with Crippen LogP contribution in [0.4, 0.5) is 0 Å². The first-order chi connectivity index (χ1) is 10.6. The number of hydrogen-bond acceptors (Lipinski definition) is 6. The van der Waals surface area contributed by atoms with Crippen LogP contribution in [0, 0.1) is 6.92 Å². The number of para-hydroxylation sites is 2. The Kier molecular flexibility index (Phi) is 3.76. The molecule has 0 spiro atoms. The maximum atomic E-state index is 12.1. The van der Waals surface area contributed by atoms with E-state index in [2.05, 4.69) is 14.9 Å². The number of carbonyl (C=O) groups excluding carboxylic acids is 1. The highest BCUT2D eigenvalue weighted by Crippen LogP contribution is 2.13. The highest BCUT2D eigenvalue weighted by molar-refractivity contribution is 7.08. The molecule has 1 aromatic carbocycles. The van der Waals surface area contributed by atoms with Crippen LogP contribution in [0.5, 0.6) is 0 Å². The van der Waals surface area contributed by atoms with E-state index in [1.165, 1.54) is 4.57 Å². The van der Waals surface area contributed by atoms with Crippen LogP contribution < -0.4 is 11.1 Å². The van der Waals surface area contributed by atoms with Crippen molar-refractivity contribution in [2.75, 3.05) is 0 Å². The molecule has 0 aliphatic carbocycles. The number of aryl methyl sites for hydroxylation is 1. The molecule has 114 valence electrons. The molecule has 0 aliphatic rings. The molecule has 2 aromatic heterocycles. The van der Waals surface area contributed by atoms with E-state index in [1.54, 1.807) is 19.1 Å². The van der Waals surface area contributed by atoms with Gasteiger partial charge in [0.1, 0.15) is 4.88 Å². The van der Waals surface area contributed by atoms with Gasteiger partial charge in [0, 0.05) is 12.6 Å². The Morgan fingerprint density at radius 2 is 2.23 bits per heavy atom. The van der Waals surface area contributed by atoms with E-state index in [-0.39, 0.29) is 11.9 Å². The van der Waals surface area contributed by atoms with Crippen molar-refractivity contribution in [3.05, 3.63) is 45.4 Å². The van der Waals surface area contributed by atoms with Crippen molar-refractivity contribution in [2.45, 2.75) is 26.4 Å². The number of oxazole rings is 1. The van der Waals surface area contributed by atoms with Gasteiger partial charge in [0.05, 0.1) is 11.2 Å². The van der Waals surface area contributed by atoms with E-state index in [4.69, 9.17) is 4.42 Å². The Hall–Kier alpha value is -2.48. The third-order valence-corrected chi connectivity index (χ3v) is 4.09. The fourth-order valence-corrected chi connectivity index (χ4v) is 2.80. The van der Waals surface area contributed by atoms with Crippen molar-refractivity contribution in [3.63, 3.8) is 0 Å². The van der Waals surface area contributed by atoms with Crippen LogP contribution >= 0.6 is 11.5 Å². The fourth-order valence-electron chi connectivity index (χ4n) is 2.24. The van der Waals surface area contributed by atoms with Gasteiger partial charge in [-0.15, -0.1) is 5.10 Å². The maximum Gasteiger partial charge on any atom is 0.420 e. The van der Waals surface area contributed by atoms with Gasteiger partial charge in [-0.25, -0.2) is 4.79 Å². The Labute approximate surface area is 129 Å². The van der Waals surface area contributed by atoms with Gasteiger partial charge in [-0.05, 0) is 37.5 Å². The second kappa shape index (κ2) is 5.72. The second-order valence-corrected chi connectivity index (χ2v) is 5.76. The lowest BCUT2D eigenvalue weighted by molar-refractivity contribution is 0.0939. The summed E-state index contributed by atoms with van der Waals surface area (Å²) in [7, 11) is 0. The van der Waals surface area contributed by atoms with Gasteiger partial charge < -0.3 is 9.73 Å². The van der Waals surface area contributed by atoms with E-state index in [1.807, 2.05) is 19.1 Å². The van der Waals surface area contributed by atoms with Gasteiger partial charge in [-0.2, -0.15) is 0 Å². The smallest absolute Gasteiger partial charge is 0.408 e. The summed E-state index contributed by atoms with van der Waals surface area (Å²) in [6.45, 7) is 3.89. The van der Waals surface area contributed by atoms with E-state index < -0.39 is 5.76 Å². The molecule has 2 heterocycles. The molecule has 0 saturated heterocycles. The number of amides is 1. The quantitative estimate of drug-likeness (QED) is 0.788. The van der Waals surface area contributed by atoms with Crippen molar-refractivity contribution in [1.82, 2.24) is 19.5 Å². The largest absolute Gasteiger partial charge is 0.420 e. The number of aromatic nitrogens is 3. The highest BCUT2D eigenvalue weighted by Gasteiger charge is 2.17. The summed E-state index contributed by atoms with van der Waals surface area (Å²) in [5.41, 5.74) is 1.85. The lowest BCUT2D eigenvalue weighted by Crippen LogP contribution is -2.37. The standard InChI is InChI=1S/C14H14N4O3S/c1-8(15-13(19)12-9(2)16-17-22-12)7-18-10-5-3-4-6-11(10)21-14(18)20/h3-6,8H,7H2,1-2H3,(H,15,19)/t8-/m0/s1. The lowest BCUT2D eigenvalue weighted by Gasteiger charge is -2.13. The van der Waals surface area contributed by atoms with Gasteiger partial charge in [0.2, 0.25) is 0 Å². The van der Waals surface area contributed by atoms with Crippen molar-refractivity contribution < 1.29 is 9.21 Å². The van der Waals surface area contributed by atoms with Gasteiger partial charge in [-0.3, -0.25) is 9.36 Å². The highest BCUT2D eigenvalue weighted by atomic mass is 32.1. The van der Waals surface area contributed by atoms with Gasteiger partial charge in [0.15, 0.2) is 5.58 Å². The molecular formula is C14H14N4O3S. The van der Waals surface area contributed by atoms with Crippen molar-refractivity contribution >= 4 is 28.5 Å². The fraction of sp³-hybridized carbons (Fsp3) is 0.286. The molecule has 22 heavy (non-hydrogen) atoms. The molecule has 1 N–H and O–H groups in total. The molecule has 0 aliphatic heterocycles. The summed E-state index contributed by atoms with van der Waals surface area (Å²) in [6.07, 6.45) is 0. The van der Waals surface area contributed by atoms with E-state index >= 15 is 0 Å². The number of hydrogen-bond donors (Lipinski definition) is 1. The van der Waals surface area contributed by atoms with Crippen LogP contribution in [0.3, 0.4) is 0 Å². The minimum Gasteiger partial charge on any atom is -0.408 e. The third kappa shape index (κ3) is 2.64. The van der Waals surface area contributed by atoms with Crippen molar-refractivity contribution in [1.29, 1.82) is 0 Å². The number of nitrogens with zero attached hydrogens (tertiary/aromatic N) is 3. The zero-order valence-electron chi connectivity index (χ0n) is 12.1. The van der Waals surface area contributed by atoms with Gasteiger partial charge in [0.25, 0.3) is 5.91 Å². The molecule has 8 heteroatoms. The van der Waals surface area contributed by atoms with E-state index in [9.17, 15) is 9.59 Å². The minimum absolute atomic E-state index is 0.235. The Bertz CT molecular complexity index is 879. The molecule has 7 nitrogen and oxygen atoms in total. The van der Waals surface area contributed by atoms with E-state index in [0.29, 0.717) is 28.2 Å². The maximum absolute atomic E-state index is 12.1. The third-order valence-electron chi connectivity index (χ3n) is 3.27. The second-order valence-electron chi connectivity index (χ2n) is 5.01. The average molecular weight is 318 g/mol. The molecule has 0 saturated carbocycles. The molecular weight excluding hydrogens is 304 g/mol. The number of rotatable bonds is 4. The Morgan fingerprint density at radius 3 is 2.95 bits per heavy atom. The van der Waals surface area contributed by atoms with Crippen LogP contribution in [0.2, 0.25) is 0 Å². The van der Waals surface area contributed by atoms with Crippen LogP contribution in [-0.4, -0.2) is 26.1 Å². The molecule has 0 fully saturated rings. The van der Waals surface area contributed by atoms with Crippen LogP contribution in [-0.2, 0) is 6.54 Å². The van der Waals surface area contributed by atoms with Gasteiger partial charge in [-0.1, -0.05) is 16.6 Å². The summed E-state index contributed by atoms with van der Waals surface area (Å²) >= 11 is 1.05. The normalized spacial score (nSPS) is 12.5. The zero-order chi connectivity index (χ0) is 15.7. The molecule has 3 aromatic rings. The van der Waals surface area contributed by atoms with Crippen molar-refractivity contribution in [3.8, 4) is 0 Å². The molecule has 0 radical (unpaired) electrons. The van der Waals surface area contributed by atoms with E-state index in [0.717, 1.165) is 11.5 Å².